The highest BCUT2D eigenvalue weighted by Gasteiger charge is 2.44. The van der Waals surface area contributed by atoms with Crippen LogP contribution in [-0.4, -0.2) is 95.4 Å². The van der Waals surface area contributed by atoms with Gasteiger partial charge in [-0.1, -0.05) is 0 Å². The van der Waals surface area contributed by atoms with Gasteiger partial charge in [-0.2, -0.15) is 0 Å². The third kappa shape index (κ3) is 7.26. The number of ether oxygens (including phenoxy) is 6. The largest absolute Gasteiger partial charge is 0.511 e. The Kier molecular flexibility index (Phi) is 10.6. The second-order valence-corrected chi connectivity index (χ2v) is 10.3. The highest BCUT2D eigenvalue weighted by atomic mass is 16.7. The molecular formula is C26H32N4O16. The van der Waals surface area contributed by atoms with Crippen LogP contribution in [0.2, 0.25) is 0 Å². The molecule has 3 N–H and O–H groups in total. The van der Waals surface area contributed by atoms with Gasteiger partial charge >= 0.3 is 29.5 Å². The fraction of sp³-hybridized carbons (Fsp3) is 0.577. The van der Waals surface area contributed by atoms with E-state index in [9.17, 15) is 48.9 Å². The number of carbonyl (C=O) groups is 3. The van der Waals surface area contributed by atoms with E-state index in [1.807, 2.05) is 0 Å². The third-order valence-electron chi connectivity index (χ3n) is 7.14. The molecule has 0 aromatic carbocycles. The molecule has 4 heterocycles. The molecule has 2 saturated heterocycles. The van der Waals surface area contributed by atoms with Gasteiger partial charge < -0.3 is 43.7 Å². The molecule has 4 rings (SSSR count). The molecule has 0 amide bonds. The number of carbonyl (C=O) groups excluding carboxylic acids is 3. The fourth-order valence-corrected chi connectivity index (χ4v) is 4.87. The van der Waals surface area contributed by atoms with Gasteiger partial charge in [0, 0.05) is 44.3 Å². The standard InChI is InChI=1S/C26H32N4O16/c1-12-7-28(19-6-15(44-14(3)33)17(45-19)9-41-13(2)32)25(39)30(22(12)37)11-43-26(40)42-10-29-18(34)4-5-27(24(29)38)23-21(36)20(35)16(8-31)46-23/h4-5,7,15-17,19-21,23,31,35-36H,6,8-11H2,1-3H3/t15-,16+,17+,19+,20+,21+,23+/m0/s1. The number of hydrogen-bond donors (Lipinski definition) is 3. The molecule has 7 atom stereocenters. The van der Waals surface area contributed by atoms with Crippen molar-refractivity contribution in [1.82, 2.24) is 18.3 Å². The van der Waals surface area contributed by atoms with Crippen LogP contribution in [0.1, 0.15) is 38.3 Å². The third-order valence-corrected chi connectivity index (χ3v) is 7.14. The molecule has 20 nitrogen and oxygen atoms in total. The van der Waals surface area contributed by atoms with E-state index in [1.165, 1.54) is 27.0 Å². The van der Waals surface area contributed by atoms with Gasteiger partial charge in [0.2, 0.25) is 0 Å². The number of aromatic nitrogens is 4. The van der Waals surface area contributed by atoms with Crippen molar-refractivity contribution in [3.8, 4) is 0 Å². The number of nitrogens with zero attached hydrogens (tertiary/aromatic N) is 4. The lowest BCUT2D eigenvalue weighted by Gasteiger charge is -2.19. The summed E-state index contributed by atoms with van der Waals surface area (Å²) in [7, 11) is 0. The minimum atomic E-state index is -1.63. The van der Waals surface area contributed by atoms with Crippen molar-refractivity contribution in [1.29, 1.82) is 0 Å². The highest BCUT2D eigenvalue weighted by molar-refractivity contribution is 5.66. The van der Waals surface area contributed by atoms with Gasteiger partial charge in [-0.15, -0.1) is 0 Å². The molecule has 0 aliphatic carbocycles. The summed E-state index contributed by atoms with van der Waals surface area (Å²) in [5, 5.41) is 29.5. The van der Waals surface area contributed by atoms with Crippen LogP contribution in [0.25, 0.3) is 0 Å². The maximum atomic E-state index is 13.2. The van der Waals surface area contributed by atoms with E-state index in [0.717, 1.165) is 21.4 Å². The van der Waals surface area contributed by atoms with Crippen LogP contribution in [0.3, 0.4) is 0 Å². The molecule has 2 aromatic heterocycles. The maximum Gasteiger partial charge on any atom is 0.511 e. The predicted molar refractivity (Wildman–Crippen MR) is 146 cm³/mol. The van der Waals surface area contributed by atoms with Gasteiger partial charge in [0.15, 0.2) is 19.7 Å². The van der Waals surface area contributed by atoms with E-state index >= 15 is 0 Å². The van der Waals surface area contributed by atoms with Crippen molar-refractivity contribution >= 4 is 18.1 Å². The summed E-state index contributed by atoms with van der Waals surface area (Å²) in [4.78, 5) is 86.4. The number of aliphatic hydroxyl groups excluding tert-OH is 3. The summed E-state index contributed by atoms with van der Waals surface area (Å²) in [6.07, 6.45) is -8.07. The molecular weight excluding hydrogens is 624 g/mol. The van der Waals surface area contributed by atoms with Crippen molar-refractivity contribution in [2.75, 3.05) is 13.2 Å². The number of hydrogen-bond acceptors (Lipinski definition) is 16. The minimum absolute atomic E-state index is 0.0360. The van der Waals surface area contributed by atoms with E-state index in [4.69, 9.17) is 28.4 Å². The molecule has 2 fully saturated rings. The molecule has 20 heteroatoms. The van der Waals surface area contributed by atoms with Crippen LogP contribution in [0.15, 0.2) is 37.6 Å². The summed E-state index contributed by atoms with van der Waals surface area (Å²) in [5.41, 5.74) is -3.81. The van der Waals surface area contributed by atoms with Crippen molar-refractivity contribution in [3.05, 3.63) is 65.7 Å². The van der Waals surface area contributed by atoms with Gasteiger partial charge in [-0.25, -0.2) is 23.5 Å². The Bertz CT molecular complexity index is 1710. The summed E-state index contributed by atoms with van der Waals surface area (Å²) >= 11 is 0. The van der Waals surface area contributed by atoms with Crippen LogP contribution in [0.4, 0.5) is 4.79 Å². The van der Waals surface area contributed by atoms with Crippen LogP contribution in [0, 0.1) is 6.92 Å². The first-order valence-electron chi connectivity index (χ1n) is 13.8. The number of aliphatic hydroxyl groups is 3. The molecule has 2 aliphatic heterocycles. The molecule has 2 aliphatic rings. The number of esters is 2. The van der Waals surface area contributed by atoms with Crippen molar-refractivity contribution in [2.24, 2.45) is 0 Å². The molecule has 0 radical (unpaired) electrons. The van der Waals surface area contributed by atoms with E-state index in [0.29, 0.717) is 9.13 Å². The zero-order chi connectivity index (χ0) is 33.9. The molecule has 2 aromatic rings. The molecule has 0 unspecified atom stereocenters. The average Bonchev–Trinajstić information content (AvgIpc) is 3.52. The van der Waals surface area contributed by atoms with Gasteiger partial charge in [-0.05, 0) is 6.92 Å². The normalized spacial score (nSPS) is 25.7. The van der Waals surface area contributed by atoms with E-state index in [-0.39, 0.29) is 18.6 Å². The fourth-order valence-electron chi connectivity index (χ4n) is 4.87. The molecule has 0 bridgehead atoms. The average molecular weight is 657 g/mol. The summed E-state index contributed by atoms with van der Waals surface area (Å²) < 4.78 is 33.7. The topological polar surface area (TPSA) is 255 Å². The van der Waals surface area contributed by atoms with E-state index in [1.54, 1.807) is 0 Å². The Balaban J connectivity index is 1.46. The Morgan fingerprint density at radius 3 is 2.15 bits per heavy atom. The summed E-state index contributed by atoms with van der Waals surface area (Å²) in [5.74, 6) is -1.25. The first-order chi connectivity index (χ1) is 21.7. The monoisotopic (exact) mass is 656 g/mol. The summed E-state index contributed by atoms with van der Waals surface area (Å²) in [6.45, 7) is 0.836. The number of rotatable bonds is 10. The smallest absolute Gasteiger partial charge is 0.463 e. The van der Waals surface area contributed by atoms with Crippen molar-refractivity contribution in [3.63, 3.8) is 0 Å². The maximum absolute atomic E-state index is 13.2. The lowest BCUT2D eigenvalue weighted by Crippen LogP contribution is -2.44. The molecule has 0 saturated carbocycles. The van der Waals surface area contributed by atoms with Crippen molar-refractivity contribution in [2.45, 2.75) is 83.6 Å². The van der Waals surface area contributed by atoms with Crippen LogP contribution in [-0.2, 0) is 51.5 Å². The van der Waals surface area contributed by atoms with E-state index < -0.39 is 104 Å². The molecule has 252 valence electrons. The second-order valence-electron chi connectivity index (χ2n) is 10.3. The van der Waals surface area contributed by atoms with Gasteiger partial charge in [0.05, 0.1) is 6.61 Å². The SMILES string of the molecule is CC(=O)OC[C@H]1O[C@@H](n2cc(C)c(=O)n(COC(=O)OCn3c(=O)ccn([C@@H]4O[C@H](CO)[C@@H](O)[C@H]4O)c3=O)c2=O)C[C@@H]1OC(C)=O. The quantitative estimate of drug-likeness (QED) is 0.168. The lowest BCUT2D eigenvalue weighted by molar-refractivity contribution is -0.155. The molecule has 46 heavy (non-hydrogen) atoms. The second kappa shape index (κ2) is 14.2. The minimum Gasteiger partial charge on any atom is -0.463 e. The van der Waals surface area contributed by atoms with Crippen LogP contribution in [0.5, 0.6) is 0 Å². The highest BCUT2D eigenvalue weighted by Crippen LogP contribution is 2.30. The van der Waals surface area contributed by atoms with Gasteiger partial charge in [0.25, 0.3) is 11.1 Å². The predicted octanol–water partition coefficient (Wildman–Crippen LogP) is -3.20. The lowest BCUT2D eigenvalue weighted by atomic mass is 10.1. The first kappa shape index (κ1) is 34.2. The zero-order valence-electron chi connectivity index (χ0n) is 24.7. The van der Waals surface area contributed by atoms with Crippen molar-refractivity contribution < 1.29 is 58.1 Å². The molecule has 0 spiro atoms. The van der Waals surface area contributed by atoms with Crippen LogP contribution >= 0.6 is 0 Å². The van der Waals surface area contributed by atoms with Crippen LogP contribution < -0.4 is 22.5 Å². The Morgan fingerprint density at radius 2 is 1.54 bits per heavy atom. The zero-order valence-corrected chi connectivity index (χ0v) is 24.7. The Labute approximate surface area is 257 Å². The number of aryl methyl sites for hydroxylation is 1. The summed E-state index contributed by atoms with van der Waals surface area (Å²) in [6, 6.07) is 0.896. The Hall–Kier alpha value is -4.63. The Morgan fingerprint density at radius 1 is 0.891 bits per heavy atom. The van der Waals surface area contributed by atoms with Gasteiger partial charge in [0.1, 0.15) is 43.4 Å². The van der Waals surface area contributed by atoms with Gasteiger partial charge in [-0.3, -0.25) is 28.3 Å². The first-order valence-corrected chi connectivity index (χ1v) is 13.8. The van der Waals surface area contributed by atoms with E-state index in [2.05, 4.69) is 0 Å².